The van der Waals surface area contributed by atoms with Gasteiger partial charge in [-0.2, -0.15) is 0 Å². The van der Waals surface area contributed by atoms with Crippen LogP contribution in [-0.4, -0.2) is 31.2 Å². The van der Waals surface area contributed by atoms with Crippen molar-refractivity contribution in [3.8, 4) is 0 Å². The molecule has 0 fully saturated rings. The van der Waals surface area contributed by atoms with Crippen LogP contribution in [0.15, 0.2) is 24.3 Å². The first-order valence-corrected chi connectivity index (χ1v) is 6.21. The summed E-state index contributed by atoms with van der Waals surface area (Å²) in [4.78, 5) is 11.5. The van der Waals surface area contributed by atoms with Crippen molar-refractivity contribution in [2.75, 3.05) is 25.5 Å². The van der Waals surface area contributed by atoms with Crippen molar-refractivity contribution in [3.05, 3.63) is 29.8 Å². The van der Waals surface area contributed by atoms with E-state index in [0.29, 0.717) is 12.1 Å². The second-order valence-electron chi connectivity index (χ2n) is 4.84. The molecule has 1 atom stereocenters. The molecular formula is C14H22N2O2. The first kappa shape index (κ1) is 14.5. The highest BCUT2D eigenvalue weighted by Crippen LogP contribution is 2.21. The van der Waals surface area contributed by atoms with E-state index in [0.717, 1.165) is 12.1 Å². The lowest BCUT2D eigenvalue weighted by Crippen LogP contribution is -2.29. The predicted octanol–water partition coefficient (Wildman–Crippen LogP) is 1.87. The van der Waals surface area contributed by atoms with Gasteiger partial charge in [-0.3, -0.25) is 4.79 Å². The molecule has 4 nitrogen and oxygen atoms in total. The maximum atomic E-state index is 11.5. The SMILES string of the molecule is CCC(C)(CO)CNc1cccc(C(=O)NC)c1. The number of hydrogen-bond donors (Lipinski definition) is 3. The van der Waals surface area contributed by atoms with Crippen molar-refractivity contribution in [3.63, 3.8) is 0 Å². The summed E-state index contributed by atoms with van der Waals surface area (Å²) < 4.78 is 0. The first-order valence-electron chi connectivity index (χ1n) is 6.21. The predicted molar refractivity (Wildman–Crippen MR) is 73.8 cm³/mol. The van der Waals surface area contributed by atoms with E-state index in [-0.39, 0.29) is 17.9 Å². The number of aliphatic hydroxyl groups is 1. The molecule has 1 amide bonds. The molecule has 0 bridgehead atoms. The third kappa shape index (κ3) is 3.74. The van der Waals surface area contributed by atoms with Crippen molar-refractivity contribution >= 4 is 11.6 Å². The lowest BCUT2D eigenvalue weighted by atomic mass is 9.88. The summed E-state index contributed by atoms with van der Waals surface area (Å²) in [6, 6.07) is 7.34. The van der Waals surface area contributed by atoms with Crippen LogP contribution in [-0.2, 0) is 0 Å². The highest BCUT2D eigenvalue weighted by atomic mass is 16.3. The van der Waals surface area contributed by atoms with Gasteiger partial charge in [-0.15, -0.1) is 0 Å². The molecule has 1 rings (SSSR count). The van der Waals surface area contributed by atoms with E-state index in [1.807, 2.05) is 25.1 Å². The maximum absolute atomic E-state index is 11.5. The van der Waals surface area contributed by atoms with Crippen molar-refractivity contribution in [2.24, 2.45) is 5.41 Å². The molecule has 1 aromatic carbocycles. The van der Waals surface area contributed by atoms with Crippen LogP contribution in [0.4, 0.5) is 5.69 Å². The molecule has 0 saturated heterocycles. The quantitative estimate of drug-likeness (QED) is 0.722. The van der Waals surface area contributed by atoms with Gasteiger partial charge in [0, 0.05) is 30.3 Å². The summed E-state index contributed by atoms with van der Waals surface area (Å²) in [5.41, 5.74) is 1.39. The van der Waals surface area contributed by atoms with E-state index in [4.69, 9.17) is 0 Å². The van der Waals surface area contributed by atoms with Crippen LogP contribution in [0.3, 0.4) is 0 Å². The van der Waals surface area contributed by atoms with Crippen molar-refractivity contribution < 1.29 is 9.90 Å². The summed E-state index contributed by atoms with van der Waals surface area (Å²) in [7, 11) is 1.61. The summed E-state index contributed by atoms with van der Waals surface area (Å²) in [6.07, 6.45) is 0.894. The van der Waals surface area contributed by atoms with Crippen molar-refractivity contribution in [2.45, 2.75) is 20.3 Å². The molecule has 0 saturated carbocycles. The van der Waals surface area contributed by atoms with Crippen LogP contribution in [0.2, 0.25) is 0 Å². The van der Waals surface area contributed by atoms with Gasteiger partial charge in [0.2, 0.25) is 0 Å². The number of carbonyl (C=O) groups excluding carboxylic acids is 1. The Kier molecular flexibility index (Phi) is 5.16. The van der Waals surface area contributed by atoms with Gasteiger partial charge in [0.1, 0.15) is 0 Å². The molecule has 0 heterocycles. The number of hydrogen-bond acceptors (Lipinski definition) is 3. The summed E-state index contributed by atoms with van der Waals surface area (Å²) in [5, 5.41) is 15.2. The van der Waals surface area contributed by atoms with Gasteiger partial charge in [-0.05, 0) is 24.6 Å². The van der Waals surface area contributed by atoms with Gasteiger partial charge in [0.05, 0.1) is 6.61 Å². The zero-order valence-electron chi connectivity index (χ0n) is 11.3. The topological polar surface area (TPSA) is 61.4 Å². The molecule has 100 valence electrons. The minimum Gasteiger partial charge on any atom is -0.396 e. The summed E-state index contributed by atoms with van der Waals surface area (Å²) in [6.45, 7) is 4.91. The van der Waals surface area contributed by atoms with Crippen molar-refractivity contribution in [1.82, 2.24) is 5.32 Å². The Labute approximate surface area is 108 Å². The fourth-order valence-corrected chi connectivity index (χ4v) is 1.52. The van der Waals surface area contributed by atoms with Crippen LogP contribution in [0, 0.1) is 5.41 Å². The molecule has 0 aromatic heterocycles. The van der Waals surface area contributed by atoms with E-state index in [2.05, 4.69) is 17.6 Å². The molecule has 1 aromatic rings. The number of amides is 1. The number of nitrogens with one attached hydrogen (secondary N) is 2. The molecule has 4 heteroatoms. The smallest absolute Gasteiger partial charge is 0.251 e. The van der Waals surface area contributed by atoms with Gasteiger partial charge >= 0.3 is 0 Å². The van der Waals surface area contributed by atoms with Crippen LogP contribution >= 0.6 is 0 Å². The van der Waals surface area contributed by atoms with E-state index in [1.165, 1.54) is 0 Å². The van der Waals surface area contributed by atoms with Crippen molar-refractivity contribution in [1.29, 1.82) is 0 Å². The largest absolute Gasteiger partial charge is 0.396 e. The third-order valence-electron chi connectivity index (χ3n) is 3.31. The van der Waals surface area contributed by atoms with Gasteiger partial charge in [-0.1, -0.05) is 19.9 Å². The molecule has 18 heavy (non-hydrogen) atoms. The van der Waals surface area contributed by atoms with Crippen LogP contribution in [0.5, 0.6) is 0 Å². The van der Waals surface area contributed by atoms with Gasteiger partial charge < -0.3 is 15.7 Å². The van der Waals surface area contributed by atoms with Crippen LogP contribution in [0.1, 0.15) is 30.6 Å². The molecule has 0 aliphatic carbocycles. The summed E-state index contributed by atoms with van der Waals surface area (Å²) >= 11 is 0. The average Bonchev–Trinajstić information content (AvgIpc) is 2.44. The number of anilines is 1. The van der Waals surface area contributed by atoms with E-state index in [1.54, 1.807) is 13.1 Å². The number of rotatable bonds is 6. The molecule has 0 aliphatic heterocycles. The maximum Gasteiger partial charge on any atom is 0.251 e. The van der Waals surface area contributed by atoms with E-state index >= 15 is 0 Å². The Hall–Kier alpha value is -1.55. The minimum absolute atomic E-state index is 0.0981. The first-order chi connectivity index (χ1) is 8.54. The Balaban J connectivity index is 2.71. The third-order valence-corrected chi connectivity index (χ3v) is 3.31. The van der Waals surface area contributed by atoms with Gasteiger partial charge in [0.25, 0.3) is 5.91 Å². The molecule has 0 aliphatic rings. The molecule has 0 radical (unpaired) electrons. The van der Waals surface area contributed by atoms with Crippen LogP contribution < -0.4 is 10.6 Å². The number of carbonyl (C=O) groups is 1. The zero-order valence-corrected chi connectivity index (χ0v) is 11.3. The fourth-order valence-electron chi connectivity index (χ4n) is 1.52. The highest BCUT2D eigenvalue weighted by molar-refractivity contribution is 5.94. The number of benzene rings is 1. The Bertz CT molecular complexity index is 401. The monoisotopic (exact) mass is 250 g/mol. The molecule has 1 unspecified atom stereocenters. The normalized spacial score (nSPS) is 13.8. The van der Waals surface area contributed by atoms with Gasteiger partial charge in [0.15, 0.2) is 0 Å². The standard InChI is InChI=1S/C14H22N2O2/c1-4-14(2,10-17)9-16-12-7-5-6-11(8-12)13(18)15-3/h5-8,16-17H,4,9-10H2,1-3H3,(H,15,18). The zero-order chi connectivity index (χ0) is 13.6. The van der Waals surface area contributed by atoms with Gasteiger partial charge in [-0.25, -0.2) is 0 Å². The van der Waals surface area contributed by atoms with Crippen LogP contribution in [0.25, 0.3) is 0 Å². The fraction of sp³-hybridized carbons (Fsp3) is 0.500. The second kappa shape index (κ2) is 6.40. The number of aliphatic hydroxyl groups excluding tert-OH is 1. The summed E-state index contributed by atoms with van der Waals surface area (Å²) in [5.74, 6) is -0.0981. The highest BCUT2D eigenvalue weighted by Gasteiger charge is 2.20. The molecule has 0 spiro atoms. The van der Waals surface area contributed by atoms with E-state index < -0.39 is 0 Å². The Morgan fingerprint density at radius 1 is 1.44 bits per heavy atom. The minimum atomic E-state index is -0.136. The average molecular weight is 250 g/mol. The molecular weight excluding hydrogens is 228 g/mol. The lowest BCUT2D eigenvalue weighted by Gasteiger charge is -2.26. The Morgan fingerprint density at radius 2 is 2.17 bits per heavy atom. The second-order valence-corrected chi connectivity index (χ2v) is 4.84. The Morgan fingerprint density at radius 3 is 2.72 bits per heavy atom. The van der Waals surface area contributed by atoms with E-state index in [9.17, 15) is 9.90 Å². The molecule has 3 N–H and O–H groups in total. The lowest BCUT2D eigenvalue weighted by molar-refractivity contribution is 0.0963.